The monoisotopic (exact) mass is 230 g/mol. The maximum atomic E-state index is 3.85. The molecule has 2 atom stereocenters. The molecule has 0 saturated carbocycles. The second-order valence-electron chi connectivity index (χ2n) is 5.71. The van der Waals surface area contributed by atoms with Crippen molar-refractivity contribution in [2.24, 2.45) is 0 Å². The van der Waals surface area contributed by atoms with E-state index in [9.17, 15) is 0 Å². The molecule has 1 aromatic rings. The fourth-order valence-corrected chi connectivity index (χ4v) is 3.25. The molecular formula is C15H22N2. The molecule has 2 nitrogen and oxygen atoms in total. The number of benzene rings is 1. The van der Waals surface area contributed by atoms with Gasteiger partial charge in [0.15, 0.2) is 0 Å². The van der Waals surface area contributed by atoms with Crippen molar-refractivity contribution < 1.29 is 0 Å². The van der Waals surface area contributed by atoms with E-state index in [1.165, 1.54) is 37.9 Å². The maximum Gasteiger partial charge on any atom is 0.0329 e. The second-order valence-corrected chi connectivity index (χ2v) is 5.71. The Balaban J connectivity index is 1.73. The molecule has 92 valence electrons. The molecule has 2 aliphatic rings. The first-order valence-electron chi connectivity index (χ1n) is 6.76. The van der Waals surface area contributed by atoms with Gasteiger partial charge in [-0.1, -0.05) is 23.8 Å². The summed E-state index contributed by atoms with van der Waals surface area (Å²) in [6.07, 6.45) is 3.82. The number of hydrogen-bond donors (Lipinski definition) is 1. The Morgan fingerprint density at radius 3 is 2.94 bits per heavy atom. The minimum Gasteiger partial charge on any atom is -0.306 e. The molecular weight excluding hydrogens is 208 g/mol. The molecule has 1 aliphatic carbocycles. The average molecular weight is 230 g/mol. The van der Waals surface area contributed by atoms with Gasteiger partial charge in [-0.15, -0.1) is 0 Å². The lowest BCUT2D eigenvalue weighted by molar-refractivity contribution is 0.381. The number of rotatable bonds is 2. The number of likely N-dealkylation sites (tertiary alicyclic amines) is 1. The summed E-state index contributed by atoms with van der Waals surface area (Å²) in [5.41, 5.74) is 4.50. The Morgan fingerprint density at radius 2 is 2.18 bits per heavy atom. The zero-order valence-electron chi connectivity index (χ0n) is 10.9. The highest BCUT2D eigenvalue weighted by atomic mass is 15.2. The van der Waals surface area contributed by atoms with Crippen LogP contribution in [-0.2, 0) is 6.42 Å². The van der Waals surface area contributed by atoms with Gasteiger partial charge in [-0.25, -0.2) is 0 Å². The summed E-state index contributed by atoms with van der Waals surface area (Å²) in [6, 6.07) is 8.22. The number of nitrogens with one attached hydrogen (secondary N) is 1. The van der Waals surface area contributed by atoms with Crippen LogP contribution >= 0.6 is 0 Å². The quantitative estimate of drug-likeness (QED) is 0.838. The molecule has 17 heavy (non-hydrogen) atoms. The van der Waals surface area contributed by atoms with Crippen molar-refractivity contribution in [2.75, 3.05) is 20.1 Å². The summed E-state index contributed by atoms with van der Waals surface area (Å²) in [7, 11) is 2.22. The van der Waals surface area contributed by atoms with Crippen molar-refractivity contribution in [3.8, 4) is 0 Å². The highest BCUT2D eigenvalue weighted by molar-refractivity contribution is 5.37. The van der Waals surface area contributed by atoms with Gasteiger partial charge in [0, 0.05) is 18.6 Å². The minimum atomic E-state index is 0.599. The Labute approximate surface area is 104 Å². The molecule has 3 rings (SSSR count). The first kappa shape index (κ1) is 11.2. The lowest BCUT2D eigenvalue weighted by atomic mass is 10.0. The van der Waals surface area contributed by atoms with Gasteiger partial charge in [-0.05, 0) is 50.9 Å². The van der Waals surface area contributed by atoms with Crippen LogP contribution < -0.4 is 5.32 Å². The molecule has 1 aliphatic heterocycles. The van der Waals surface area contributed by atoms with E-state index in [-0.39, 0.29) is 0 Å². The lowest BCUT2D eigenvalue weighted by Crippen LogP contribution is -2.33. The zero-order valence-corrected chi connectivity index (χ0v) is 10.9. The van der Waals surface area contributed by atoms with Gasteiger partial charge >= 0.3 is 0 Å². The van der Waals surface area contributed by atoms with Crippen molar-refractivity contribution in [1.29, 1.82) is 0 Å². The molecule has 0 bridgehead atoms. The Kier molecular flexibility index (Phi) is 2.93. The second kappa shape index (κ2) is 4.43. The minimum absolute atomic E-state index is 0.599. The summed E-state index contributed by atoms with van der Waals surface area (Å²) in [6.45, 7) is 4.64. The zero-order chi connectivity index (χ0) is 11.8. The van der Waals surface area contributed by atoms with E-state index in [2.05, 4.69) is 42.4 Å². The van der Waals surface area contributed by atoms with E-state index in [0.29, 0.717) is 12.1 Å². The summed E-state index contributed by atoms with van der Waals surface area (Å²) in [5.74, 6) is 0. The molecule has 0 spiro atoms. The van der Waals surface area contributed by atoms with Crippen molar-refractivity contribution in [3.05, 3.63) is 34.9 Å². The van der Waals surface area contributed by atoms with Crippen molar-refractivity contribution in [3.63, 3.8) is 0 Å². The van der Waals surface area contributed by atoms with Gasteiger partial charge in [-0.2, -0.15) is 0 Å². The van der Waals surface area contributed by atoms with E-state index in [1.807, 2.05) is 0 Å². The van der Waals surface area contributed by atoms with E-state index in [0.717, 1.165) is 0 Å². The van der Waals surface area contributed by atoms with E-state index >= 15 is 0 Å². The van der Waals surface area contributed by atoms with Gasteiger partial charge in [0.1, 0.15) is 0 Å². The van der Waals surface area contributed by atoms with Gasteiger partial charge in [0.2, 0.25) is 0 Å². The van der Waals surface area contributed by atoms with Crippen LogP contribution in [0.2, 0.25) is 0 Å². The number of hydrogen-bond acceptors (Lipinski definition) is 2. The van der Waals surface area contributed by atoms with Gasteiger partial charge < -0.3 is 10.2 Å². The maximum absolute atomic E-state index is 3.85. The number of fused-ring (bicyclic) bond motifs is 1. The van der Waals surface area contributed by atoms with Crippen molar-refractivity contribution in [1.82, 2.24) is 10.2 Å². The summed E-state index contributed by atoms with van der Waals surface area (Å²) in [5, 5.41) is 3.85. The third-order valence-corrected chi connectivity index (χ3v) is 4.21. The first-order chi connectivity index (χ1) is 8.22. The third kappa shape index (κ3) is 2.24. The SMILES string of the molecule is Cc1ccc2c(c1)C(NC1CCN(C)C1)CC2. The van der Waals surface area contributed by atoms with Crippen molar-refractivity contribution in [2.45, 2.75) is 38.3 Å². The largest absolute Gasteiger partial charge is 0.306 e. The molecule has 1 saturated heterocycles. The normalized spacial score (nSPS) is 28.6. The summed E-state index contributed by atoms with van der Waals surface area (Å²) in [4.78, 5) is 2.42. The molecule has 1 N–H and O–H groups in total. The van der Waals surface area contributed by atoms with Crippen LogP contribution in [0.4, 0.5) is 0 Å². The molecule has 2 unspecified atom stereocenters. The smallest absolute Gasteiger partial charge is 0.0329 e. The first-order valence-corrected chi connectivity index (χ1v) is 6.76. The van der Waals surface area contributed by atoms with Crippen molar-refractivity contribution >= 4 is 0 Å². The Hall–Kier alpha value is -0.860. The van der Waals surface area contributed by atoms with Crippen LogP contribution in [-0.4, -0.2) is 31.1 Å². The standard InChI is InChI=1S/C15H22N2/c1-11-3-4-12-5-6-15(14(12)9-11)16-13-7-8-17(2)10-13/h3-4,9,13,15-16H,5-8,10H2,1-2H3. The number of aryl methyl sites for hydroxylation is 2. The fourth-order valence-electron chi connectivity index (χ4n) is 3.25. The number of likely N-dealkylation sites (N-methyl/N-ethyl adjacent to an activating group) is 1. The molecule has 1 heterocycles. The highest BCUT2D eigenvalue weighted by Crippen LogP contribution is 2.32. The molecule has 0 aromatic heterocycles. The fraction of sp³-hybridized carbons (Fsp3) is 0.600. The predicted octanol–water partition coefficient (Wildman–Crippen LogP) is 2.28. The summed E-state index contributed by atoms with van der Waals surface area (Å²) < 4.78 is 0. The Morgan fingerprint density at radius 1 is 1.29 bits per heavy atom. The topological polar surface area (TPSA) is 15.3 Å². The lowest BCUT2D eigenvalue weighted by Gasteiger charge is -2.20. The predicted molar refractivity (Wildman–Crippen MR) is 71.3 cm³/mol. The van der Waals surface area contributed by atoms with Gasteiger partial charge in [-0.3, -0.25) is 0 Å². The summed E-state index contributed by atoms with van der Waals surface area (Å²) >= 11 is 0. The van der Waals surface area contributed by atoms with Crippen LogP contribution in [0.25, 0.3) is 0 Å². The number of nitrogens with zero attached hydrogens (tertiary/aromatic N) is 1. The molecule has 1 fully saturated rings. The Bertz CT molecular complexity index is 413. The molecule has 2 heteroatoms. The van der Waals surface area contributed by atoms with E-state index in [4.69, 9.17) is 0 Å². The highest BCUT2D eigenvalue weighted by Gasteiger charge is 2.27. The van der Waals surface area contributed by atoms with E-state index in [1.54, 1.807) is 11.1 Å². The van der Waals surface area contributed by atoms with Crippen LogP contribution in [0.3, 0.4) is 0 Å². The van der Waals surface area contributed by atoms with Crippen LogP contribution in [0.15, 0.2) is 18.2 Å². The molecule has 0 radical (unpaired) electrons. The van der Waals surface area contributed by atoms with Gasteiger partial charge in [0.25, 0.3) is 0 Å². The van der Waals surface area contributed by atoms with Crippen LogP contribution in [0.5, 0.6) is 0 Å². The van der Waals surface area contributed by atoms with E-state index < -0.39 is 0 Å². The van der Waals surface area contributed by atoms with Gasteiger partial charge in [0.05, 0.1) is 0 Å². The third-order valence-electron chi connectivity index (χ3n) is 4.21. The molecule has 1 aromatic carbocycles. The van der Waals surface area contributed by atoms with Crippen LogP contribution in [0, 0.1) is 6.92 Å². The average Bonchev–Trinajstić information content (AvgIpc) is 2.87. The molecule has 0 amide bonds. The van der Waals surface area contributed by atoms with Crippen LogP contribution in [0.1, 0.15) is 35.6 Å².